The minimum atomic E-state index is -0.287. The second-order valence-corrected chi connectivity index (χ2v) is 48.2. The molecule has 6 heterocycles. The molecule has 0 bridgehead atoms. The van der Waals surface area contributed by atoms with Crippen LogP contribution in [0.5, 0.6) is 23.0 Å². The molecular weight excluding hydrogens is 1520 g/mol. The molecule has 15 aromatic carbocycles. The summed E-state index contributed by atoms with van der Waals surface area (Å²) in [4.78, 5) is 0. The lowest BCUT2D eigenvalue weighted by Gasteiger charge is -2.24. The van der Waals surface area contributed by atoms with Crippen LogP contribution in [0.25, 0.3) is 87.6 Å². The molecule has 0 spiro atoms. The fraction of sp³-hybridized carbons (Fsp3) is 0.226. The molecule has 6 aliphatic rings. The molecule has 1 unspecified atom stereocenters. The smallest absolute Gasteiger partial charge is 0.127 e. The Kier molecular flexibility index (Phi) is 23.0. The fourth-order valence-corrected chi connectivity index (χ4v) is 43.2. The van der Waals surface area contributed by atoms with Crippen LogP contribution in [0.4, 0.5) is 0 Å². The average molecular weight is 1620 g/mol. The van der Waals surface area contributed by atoms with Gasteiger partial charge < -0.3 is 18.9 Å². The summed E-state index contributed by atoms with van der Waals surface area (Å²) in [6.07, 6.45) is 15.0. The topological polar surface area (TPSA) is 36.9 Å². The zero-order valence-corrected chi connectivity index (χ0v) is 72.5. The van der Waals surface area contributed by atoms with Gasteiger partial charge in [-0.05, 0) is 266 Å². The summed E-state index contributed by atoms with van der Waals surface area (Å²) in [5.41, 5.74) is 27.2. The monoisotopic (exact) mass is 1620 g/mol. The van der Waals surface area contributed by atoms with Gasteiger partial charge in [0.2, 0.25) is 0 Å². The molecule has 0 saturated carbocycles. The molecule has 0 aliphatic carbocycles. The highest BCUT2D eigenvalue weighted by atomic mass is 31.2. The van der Waals surface area contributed by atoms with E-state index in [1.807, 2.05) is 0 Å². The zero-order chi connectivity index (χ0) is 78.2. The minimum absolute atomic E-state index is 0.140. The Morgan fingerprint density at radius 3 is 0.733 bits per heavy atom. The molecule has 0 radical (unpaired) electrons. The van der Waals surface area contributed by atoms with Crippen LogP contribution >= 0.6 is 47.5 Å². The van der Waals surface area contributed by atoms with Gasteiger partial charge in [-0.25, -0.2) is 0 Å². The van der Waals surface area contributed by atoms with Gasteiger partial charge in [0, 0.05) is 22.3 Å². The predicted molar refractivity (Wildman–Crippen MR) is 506 cm³/mol. The number of benzene rings is 15. The van der Waals surface area contributed by atoms with Gasteiger partial charge in [-0.2, -0.15) is 0 Å². The highest BCUT2D eigenvalue weighted by molar-refractivity contribution is 7.75. The van der Waals surface area contributed by atoms with Gasteiger partial charge in [-0.3, -0.25) is 0 Å². The third-order valence-electron chi connectivity index (χ3n) is 25.5. The third kappa shape index (κ3) is 15.5. The Morgan fingerprint density at radius 2 is 0.448 bits per heavy atom. The molecule has 21 rings (SSSR count). The second-order valence-electron chi connectivity index (χ2n) is 32.7. The quantitative estimate of drug-likeness (QED) is 0.108. The molecule has 4 nitrogen and oxygen atoms in total. The maximum atomic E-state index is 5.88. The van der Waals surface area contributed by atoms with Gasteiger partial charge in [0.25, 0.3) is 0 Å². The minimum Gasteiger partial charge on any atom is -0.496 e. The first-order valence-electron chi connectivity index (χ1n) is 41.4. The predicted octanol–water partition coefficient (Wildman–Crippen LogP) is 29.9. The summed E-state index contributed by atoms with van der Waals surface area (Å²) in [5, 5.41) is 11.0. The van der Waals surface area contributed by atoms with Crippen molar-refractivity contribution in [2.75, 3.05) is 70.8 Å². The lowest BCUT2D eigenvalue weighted by Crippen LogP contribution is -2.08. The molecule has 10 heteroatoms. The standard InChI is InChI=1S/C45H34P2.C33H34O4P2.C28H32P2/c1-5-13-38-30(9-1)17-21-34-25-46(26-35-22-18-31-10-2-6-14-39(31)43(35)42(34)38)29-47-27-36-23-19-32-11-3-7-15-40(32)44(36)45-37(28-47)24-20-33-12-4-8-16-41(33)45;1-34-26-13-5-9-22-17-38(18-23-10-6-14-27(35-2)31(23)30(22)26)21-39-19-24-11-7-15-28(36-3)32(24)33-25(20-39)12-8-16-29(33)37-4;1-22-17-29(18-26(22)23-11-5-2-6-12-23)21-30-19-27(24-13-7-3-8-14-24)28(20-30)25-15-9-4-10-16-25/h1-24H,25-29H2;5-16H,17-21H2,1-4H3;2-16,22,26-28H,17-21H2,1H3/t;;22-,26-,27+,28+,29?/m..1/s1. The normalized spacial score (nSPS) is 18.5. The number of rotatable bonds is 13. The van der Waals surface area contributed by atoms with E-state index in [4.69, 9.17) is 18.9 Å². The summed E-state index contributed by atoms with van der Waals surface area (Å²) in [7, 11) is 6.36. The summed E-state index contributed by atoms with van der Waals surface area (Å²) >= 11 is 0. The average Bonchev–Trinajstić information content (AvgIpc) is 1.27. The SMILES string of the molecule is COc1cccc2c1-c1c(cccc1OC)CP(CP1Cc3cccc(OC)c3-c3c(cccc3OC)C1)C2.C[C@@H]1CP(CP2C[C@@H](c3ccccc3)[C@H](c3ccccc3)C2)C[C@H]1c1ccccc1.c1ccc2c3c(ccc2c1)CP(CP1Cc2ccc4ccccc4c2-c2c(ccc4ccccc24)C1)Cc1ccc2ccccc2c1-3. The summed E-state index contributed by atoms with van der Waals surface area (Å²) in [6, 6.07) is 115. The van der Waals surface area contributed by atoms with Crippen LogP contribution in [0.1, 0.15) is 85.9 Å². The molecule has 0 amide bonds. The van der Waals surface area contributed by atoms with E-state index in [0.717, 1.165) is 59.5 Å². The highest BCUT2D eigenvalue weighted by Gasteiger charge is 2.41. The van der Waals surface area contributed by atoms with E-state index < -0.39 is 0 Å². The second kappa shape index (κ2) is 34.6. The van der Waals surface area contributed by atoms with Gasteiger partial charge in [-0.1, -0.05) is 324 Å². The van der Waals surface area contributed by atoms with E-state index >= 15 is 0 Å². The number of hydrogen-bond donors (Lipinski definition) is 0. The van der Waals surface area contributed by atoms with Crippen LogP contribution in [-0.4, -0.2) is 70.8 Å². The van der Waals surface area contributed by atoms with Crippen molar-refractivity contribution in [3.63, 3.8) is 0 Å². The van der Waals surface area contributed by atoms with Gasteiger partial charge in [0.05, 0.1) is 28.4 Å². The van der Waals surface area contributed by atoms with Crippen molar-refractivity contribution in [3.8, 4) is 67.5 Å². The molecule has 15 aromatic rings. The number of fused-ring (bicyclic) bond motifs is 20. The van der Waals surface area contributed by atoms with E-state index in [9.17, 15) is 0 Å². The van der Waals surface area contributed by atoms with E-state index in [-0.39, 0.29) is 47.5 Å². The summed E-state index contributed by atoms with van der Waals surface area (Å²) < 4.78 is 23.5. The first-order valence-corrected chi connectivity index (χ1v) is 52.8. The Morgan fingerprint density at radius 1 is 0.216 bits per heavy atom. The molecule has 5 atom stereocenters. The van der Waals surface area contributed by atoms with Crippen molar-refractivity contribution in [3.05, 3.63) is 371 Å². The lowest BCUT2D eigenvalue weighted by molar-refractivity contribution is 0.410. The van der Waals surface area contributed by atoms with Crippen LogP contribution in [0.15, 0.2) is 309 Å². The third-order valence-corrected chi connectivity index (χ3v) is 45.2. The van der Waals surface area contributed by atoms with Crippen molar-refractivity contribution >= 4 is 90.6 Å². The zero-order valence-electron chi connectivity index (χ0n) is 67.2. The Hall–Kier alpha value is -8.88. The van der Waals surface area contributed by atoms with Crippen molar-refractivity contribution in [2.24, 2.45) is 5.92 Å². The van der Waals surface area contributed by atoms with E-state index in [1.165, 1.54) is 171 Å². The van der Waals surface area contributed by atoms with Crippen LogP contribution in [0.3, 0.4) is 0 Å². The van der Waals surface area contributed by atoms with Gasteiger partial charge >= 0.3 is 0 Å². The molecule has 2 saturated heterocycles. The Bertz CT molecular complexity index is 5470. The van der Waals surface area contributed by atoms with E-state index in [1.54, 1.807) is 73.3 Å². The molecule has 2 fully saturated rings. The molecule has 116 heavy (non-hydrogen) atoms. The van der Waals surface area contributed by atoms with Crippen molar-refractivity contribution < 1.29 is 18.9 Å². The van der Waals surface area contributed by atoms with Crippen molar-refractivity contribution in [2.45, 2.75) is 74.0 Å². The number of hydrogen-bond acceptors (Lipinski definition) is 4. The van der Waals surface area contributed by atoms with Crippen LogP contribution < -0.4 is 18.9 Å². The van der Waals surface area contributed by atoms with E-state index in [2.05, 4.69) is 316 Å². The van der Waals surface area contributed by atoms with Crippen LogP contribution in [-0.2, 0) is 49.3 Å². The van der Waals surface area contributed by atoms with Crippen molar-refractivity contribution in [1.29, 1.82) is 0 Å². The maximum absolute atomic E-state index is 5.88. The fourth-order valence-electron chi connectivity index (χ4n) is 20.4. The maximum Gasteiger partial charge on any atom is 0.127 e. The Balaban J connectivity index is 0.000000119. The molecule has 6 aliphatic heterocycles. The van der Waals surface area contributed by atoms with E-state index in [0.29, 0.717) is 11.8 Å². The molecular formula is C106H100O4P6. The first kappa shape index (κ1) is 77.1. The first-order chi connectivity index (χ1) is 57.2. The highest BCUT2D eigenvalue weighted by Crippen LogP contribution is 2.68. The molecule has 0 aromatic heterocycles. The van der Waals surface area contributed by atoms with Crippen LogP contribution in [0.2, 0.25) is 0 Å². The Labute approximate surface area is 693 Å². The largest absolute Gasteiger partial charge is 0.496 e. The number of ether oxygens (including phenoxy) is 4. The molecule has 578 valence electrons. The van der Waals surface area contributed by atoms with Gasteiger partial charge in [0.1, 0.15) is 23.0 Å². The van der Waals surface area contributed by atoms with Crippen molar-refractivity contribution in [1.82, 2.24) is 0 Å². The molecule has 0 N–H and O–H groups in total. The lowest BCUT2D eigenvalue weighted by atomic mass is 9.84. The number of methoxy groups -OCH3 is 4. The van der Waals surface area contributed by atoms with Crippen LogP contribution in [0, 0.1) is 5.92 Å². The van der Waals surface area contributed by atoms with Gasteiger partial charge in [-0.15, -0.1) is 15.8 Å². The van der Waals surface area contributed by atoms with Gasteiger partial charge in [0.15, 0.2) is 0 Å². The summed E-state index contributed by atoms with van der Waals surface area (Å²) in [6.45, 7) is 2.50. The summed E-state index contributed by atoms with van der Waals surface area (Å²) in [5.74, 6) is 10.9.